The first-order valence-electron chi connectivity index (χ1n) is 5.96. The SMILES string of the molecule is CCNC(c1ccc(Br)cn1)c1nccnc1OC. The van der Waals surface area contributed by atoms with E-state index in [1.807, 2.05) is 19.1 Å². The minimum absolute atomic E-state index is 0.137. The molecule has 0 aromatic carbocycles. The van der Waals surface area contributed by atoms with E-state index in [1.165, 1.54) is 0 Å². The molecule has 2 aromatic heterocycles. The van der Waals surface area contributed by atoms with Crippen LogP contribution >= 0.6 is 15.9 Å². The van der Waals surface area contributed by atoms with Crippen LogP contribution in [-0.2, 0) is 0 Å². The van der Waals surface area contributed by atoms with Crippen molar-refractivity contribution < 1.29 is 4.74 Å². The molecule has 2 heterocycles. The smallest absolute Gasteiger partial charge is 0.237 e. The highest BCUT2D eigenvalue weighted by Gasteiger charge is 2.20. The third kappa shape index (κ3) is 3.27. The summed E-state index contributed by atoms with van der Waals surface area (Å²) < 4.78 is 6.21. The van der Waals surface area contributed by atoms with Crippen LogP contribution in [0.5, 0.6) is 5.88 Å². The molecule has 1 atom stereocenters. The van der Waals surface area contributed by atoms with Crippen molar-refractivity contribution in [3.8, 4) is 5.88 Å². The van der Waals surface area contributed by atoms with E-state index in [1.54, 1.807) is 25.7 Å². The lowest BCUT2D eigenvalue weighted by Gasteiger charge is -2.18. The van der Waals surface area contributed by atoms with Gasteiger partial charge in [-0.1, -0.05) is 6.92 Å². The molecule has 6 heteroatoms. The molecule has 5 nitrogen and oxygen atoms in total. The number of nitrogens with one attached hydrogen (secondary N) is 1. The molecule has 0 aliphatic rings. The third-order valence-corrected chi connectivity index (χ3v) is 3.08. The monoisotopic (exact) mass is 322 g/mol. The molecule has 1 N–H and O–H groups in total. The van der Waals surface area contributed by atoms with Gasteiger partial charge in [-0.05, 0) is 34.6 Å². The Morgan fingerprint density at radius 2 is 2.05 bits per heavy atom. The summed E-state index contributed by atoms with van der Waals surface area (Å²) in [4.78, 5) is 13.0. The number of pyridine rings is 1. The molecule has 19 heavy (non-hydrogen) atoms. The first-order chi connectivity index (χ1) is 9.26. The minimum atomic E-state index is -0.137. The molecule has 2 aromatic rings. The Labute approximate surface area is 120 Å². The summed E-state index contributed by atoms with van der Waals surface area (Å²) in [5.41, 5.74) is 1.62. The number of halogens is 1. The lowest BCUT2D eigenvalue weighted by Crippen LogP contribution is -2.24. The fourth-order valence-corrected chi connectivity index (χ4v) is 2.03. The molecule has 100 valence electrons. The van der Waals surface area contributed by atoms with E-state index in [0.29, 0.717) is 5.88 Å². The molecule has 0 aliphatic heterocycles. The van der Waals surface area contributed by atoms with Crippen molar-refractivity contribution in [2.75, 3.05) is 13.7 Å². The highest BCUT2D eigenvalue weighted by atomic mass is 79.9. The maximum absolute atomic E-state index is 5.27. The van der Waals surface area contributed by atoms with Gasteiger partial charge >= 0.3 is 0 Å². The van der Waals surface area contributed by atoms with Crippen molar-refractivity contribution in [3.63, 3.8) is 0 Å². The number of hydrogen-bond acceptors (Lipinski definition) is 5. The fraction of sp³-hybridized carbons (Fsp3) is 0.308. The zero-order chi connectivity index (χ0) is 13.7. The molecule has 1 unspecified atom stereocenters. The Morgan fingerprint density at radius 1 is 1.26 bits per heavy atom. The minimum Gasteiger partial charge on any atom is -0.480 e. The summed E-state index contributed by atoms with van der Waals surface area (Å²) in [6.45, 7) is 2.83. The van der Waals surface area contributed by atoms with Crippen LogP contribution in [0.4, 0.5) is 0 Å². The Bertz CT molecular complexity index is 532. The molecule has 0 amide bonds. The molecular formula is C13H15BrN4O. The van der Waals surface area contributed by atoms with Crippen LogP contribution < -0.4 is 10.1 Å². The zero-order valence-corrected chi connectivity index (χ0v) is 12.4. The van der Waals surface area contributed by atoms with Crippen molar-refractivity contribution in [2.45, 2.75) is 13.0 Å². The van der Waals surface area contributed by atoms with Crippen LogP contribution in [0.1, 0.15) is 24.4 Å². The van der Waals surface area contributed by atoms with Gasteiger partial charge in [0.05, 0.1) is 18.8 Å². The van der Waals surface area contributed by atoms with Gasteiger partial charge in [0.2, 0.25) is 5.88 Å². The molecule has 0 aliphatic carbocycles. The van der Waals surface area contributed by atoms with Crippen LogP contribution in [0, 0.1) is 0 Å². The van der Waals surface area contributed by atoms with Gasteiger partial charge in [-0.25, -0.2) is 4.98 Å². The molecule has 0 saturated carbocycles. The standard InChI is InChI=1S/C13H15BrN4O/c1-3-15-11(10-5-4-9(14)8-18-10)12-13(19-2)17-7-6-16-12/h4-8,11,15H,3H2,1-2H3. The van der Waals surface area contributed by atoms with Crippen molar-refractivity contribution in [1.82, 2.24) is 20.3 Å². The van der Waals surface area contributed by atoms with Crippen LogP contribution in [0.2, 0.25) is 0 Å². The van der Waals surface area contributed by atoms with Gasteiger partial charge < -0.3 is 10.1 Å². The maximum Gasteiger partial charge on any atom is 0.237 e. The second-order valence-electron chi connectivity index (χ2n) is 3.84. The van der Waals surface area contributed by atoms with Crippen molar-refractivity contribution in [1.29, 1.82) is 0 Å². The van der Waals surface area contributed by atoms with Crippen LogP contribution in [0.25, 0.3) is 0 Å². The van der Waals surface area contributed by atoms with Gasteiger partial charge in [0.1, 0.15) is 5.69 Å². The average molecular weight is 323 g/mol. The van der Waals surface area contributed by atoms with E-state index in [0.717, 1.165) is 22.4 Å². The number of methoxy groups -OCH3 is 1. The number of ether oxygens (including phenoxy) is 1. The molecule has 0 bridgehead atoms. The molecule has 0 radical (unpaired) electrons. The largest absolute Gasteiger partial charge is 0.480 e. The van der Waals surface area contributed by atoms with Crippen LogP contribution in [-0.4, -0.2) is 28.6 Å². The number of hydrogen-bond donors (Lipinski definition) is 1. The van der Waals surface area contributed by atoms with Crippen molar-refractivity contribution >= 4 is 15.9 Å². The Morgan fingerprint density at radius 3 is 2.68 bits per heavy atom. The van der Waals surface area contributed by atoms with Gasteiger partial charge in [0, 0.05) is 23.1 Å². The lowest BCUT2D eigenvalue weighted by atomic mass is 10.1. The topological polar surface area (TPSA) is 59.9 Å². The molecule has 0 spiro atoms. The second kappa shape index (κ2) is 6.58. The molecule has 2 rings (SSSR count). The number of nitrogens with zero attached hydrogens (tertiary/aromatic N) is 3. The van der Waals surface area contributed by atoms with Crippen LogP contribution in [0.15, 0.2) is 35.2 Å². The van der Waals surface area contributed by atoms with Crippen molar-refractivity contribution in [3.05, 3.63) is 46.6 Å². The first-order valence-corrected chi connectivity index (χ1v) is 6.75. The van der Waals surface area contributed by atoms with Gasteiger partial charge in [-0.2, -0.15) is 0 Å². The molecular weight excluding hydrogens is 308 g/mol. The summed E-state index contributed by atoms with van der Waals surface area (Å²) in [6.07, 6.45) is 5.03. The van der Waals surface area contributed by atoms with Crippen LogP contribution in [0.3, 0.4) is 0 Å². The van der Waals surface area contributed by atoms with E-state index < -0.39 is 0 Å². The predicted octanol–water partition coefficient (Wildman–Crippen LogP) is 2.34. The van der Waals surface area contributed by atoms with E-state index in [2.05, 4.69) is 36.2 Å². The summed E-state index contributed by atoms with van der Waals surface area (Å²) in [6, 6.07) is 3.77. The zero-order valence-electron chi connectivity index (χ0n) is 10.8. The van der Waals surface area contributed by atoms with E-state index in [9.17, 15) is 0 Å². The van der Waals surface area contributed by atoms with E-state index in [-0.39, 0.29) is 6.04 Å². The Hall–Kier alpha value is -1.53. The van der Waals surface area contributed by atoms with Gasteiger partial charge in [0.25, 0.3) is 0 Å². The maximum atomic E-state index is 5.27. The van der Waals surface area contributed by atoms with Gasteiger partial charge in [0.15, 0.2) is 0 Å². The molecule has 0 saturated heterocycles. The fourth-order valence-electron chi connectivity index (χ4n) is 1.79. The second-order valence-corrected chi connectivity index (χ2v) is 4.76. The van der Waals surface area contributed by atoms with E-state index >= 15 is 0 Å². The number of rotatable bonds is 5. The predicted molar refractivity (Wildman–Crippen MR) is 76.0 cm³/mol. The van der Waals surface area contributed by atoms with Crippen molar-refractivity contribution in [2.24, 2.45) is 0 Å². The lowest BCUT2D eigenvalue weighted by molar-refractivity contribution is 0.382. The average Bonchev–Trinajstić information content (AvgIpc) is 2.46. The Balaban J connectivity index is 2.42. The van der Waals surface area contributed by atoms with Gasteiger partial charge in [-0.15, -0.1) is 0 Å². The normalized spacial score (nSPS) is 12.2. The summed E-state index contributed by atoms with van der Waals surface area (Å²) >= 11 is 3.38. The highest BCUT2D eigenvalue weighted by molar-refractivity contribution is 9.10. The Kier molecular flexibility index (Phi) is 4.81. The summed E-state index contributed by atoms with van der Waals surface area (Å²) in [5.74, 6) is 0.512. The molecule has 0 fully saturated rings. The summed E-state index contributed by atoms with van der Waals surface area (Å²) in [5, 5.41) is 3.35. The van der Waals surface area contributed by atoms with E-state index in [4.69, 9.17) is 4.74 Å². The first kappa shape index (κ1) is 13.9. The number of aromatic nitrogens is 3. The highest BCUT2D eigenvalue weighted by Crippen LogP contribution is 2.25. The summed E-state index contributed by atoms with van der Waals surface area (Å²) in [7, 11) is 1.59. The third-order valence-electron chi connectivity index (χ3n) is 2.61. The van der Waals surface area contributed by atoms with Gasteiger partial charge in [-0.3, -0.25) is 9.97 Å². The quantitative estimate of drug-likeness (QED) is 0.915.